The Balaban J connectivity index is 2.73. The SMILES string of the molecule is CCC(CCN)NC(=O)c1ccc(C(F)(F)F)cc1. The molecule has 0 fully saturated rings. The van der Waals surface area contributed by atoms with Gasteiger partial charge in [0, 0.05) is 11.6 Å². The van der Waals surface area contributed by atoms with E-state index in [1.165, 1.54) is 12.1 Å². The lowest BCUT2D eigenvalue weighted by Gasteiger charge is -2.16. The molecule has 0 spiro atoms. The third kappa shape index (κ3) is 4.55. The van der Waals surface area contributed by atoms with Gasteiger partial charge in [-0.15, -0.1) is 0 Å². The lowest BCUT2D eigenvalue weighted by atomic mass is 10.1. The maximum atomic E-state index is 12.4. The molecule has 0 aliphatic carbocycles. The van der Waals surface area contributed by atoms with Crippen LogP contribution in [-0.2, 0) is 6.18 Å². The molecule has 6 heteroatoms. The van der Waals surface area contributed by atoms with Gasteiger partial charge in [0.2, 0.25) is 0 Å². The lowest BCUT2D eigenvalue weighted by molar-refractivity contribution is -0.137. The Kier molecular flexibility index (Phi) is 5.35. The quantitative estimate of drug-likeness (QED) is 0.867. The van der Waals surface area contributed by atoms with Crippen LogP contribution in [0.5, 0.6) is 0 Å². The van der Waals surface area contributed by atoms with Gasteiger partial charge in [0.15, 0.2) is 0 Å². The van der Waals surface area contributed by atoms with Crippen LogP contribution in [-0.4, -0.2) is 18.5 Å². The van der Waals surface area contributed by atoms with Crippen LogP contribution in [0.4, 0.5) is 13.2 Å². The predicted molar refractivity (Wildman–Crippen MR) is 66.7 cm³/mol. The minimum Gasteiger partial charge on any atom is -0.349 e. The molecule has 1 aromatic carbocycles. The minimum absolute atomic E-state index is 0.0557. The van der Waals surface area contributed by atoms with Gasteiger partial charge < -0.3 is 11.1 Å². The zero-order chi connectivity index (χ0) is 14.5. The number of hydrogen-bond donors (Lipinski definition) is 2. The number of rotatable bonds is 5. The van der Waals surface area contributed by atoms with Crippen molar-refractivity contribution in [2.45, 2.75) is 32.0 Å². The summed E-state index contributed by atoms with van der Waals surface area (Å²) >= 11 is 0. The summed E-state index contributed by atoms with van der Waals surface area (Å²) in [5.41, 5.74) is 4.86. The second-order valence-corrected chi connectivity index (χ2v) is 4.23. The molecule has 0 bridgehead atoms. The van der Waals surface area contributed by atoms with Crippen molar-refractivity contribution in [1.82, 2.24) is 5.32 Å². The second-order valence-electron chi connectivity index (χ2n) is 4.23. The van der Waals surface area contributed by atoms with Crippen LogP contribution in [0.25, 0.3) is 0 Å². The fourth-order valence-electron chi connectivity index (χ4n) is 1.66. The van der Waals surface area contributed by atoms with Gasteiger partial charge in [-0.05, 0) is 43.7 Å². The summed E-state index contributed by atoms with van der Waals surface area (Å²) in [6.07, 6.45) is -3.02. The number of carbonyl (C=O) groups excluding carboxylic acids is 1. The molecule has 1 unspecified atom stereocenters. The van der Waals surface area contributed by atoms with Crippen molar-refractivity contribution in [2.75, 3.05) is 6.54 Å². The molecule has 0 aliphatic heterocycles. The van der Waals surface area contributed by atoms with Crippen molar-refractivity contribution in [3.05, 3.63) is 35.4 Å². The Morgan fingerprint density at radius 3 is 2.32 bits per heavy atom. The first-order valence-corrected chi connectivity index (χ1v) is 6.06. The fraction of sp³-hybridized carbons (Fsp3) is 0.462. The van der Waals surface area contributed by atoms with E-state index in [0.29, 0.717) is 13.0 Å². The van der Waals surface area contributed by atoms with Crippen molar-refractivity contribution in [3.8, 4) is 0 Å². The van der Waals surface area contributed by atoms with Gasteiger partial charge in [-0.2, -0.15) is 13.2 Å². The highest BCUT2D eigenvalue weighted by Gasteiger charge is 2.30. The number of carbonyl (C=O) groups is 1. The molecule has 0 radical (unpaired) electrons. The molecule has 0 heterocycles. The van der Waals surface area contributed by atoms with Gasteiger partial charge in [-0.1, -0.05) is 6.92 Å². The molecule has 3 nitrogen and oxygen atoms in total. The van der Waals surface area contributed by atoms with Gasteiger partial charge in [-0.3, -0.25) is 4.79 Å². The van der Waals surface area contributed by atoms with Gasteiger partial charge in [0.25, 0.3) is 5.91 Å². The summed E-state index contributed by atoms with van der Waals surface area (Å²) in [7, 11) is 0. The number of nitrogens with one attached hydrogen (secondary N) is 1. The van der Waals surface area contributed by atoms with Crippen LogP contribution >= 0.6 is 0 Å². The third-order valence-corrected chi connectivity index (χ3v) is 2.82. The Morgan fingerprint density at radius 1 is 1.32 bits per heavy atom. The standard InChI is InChI=1S/C13H17F3N2O/c1-2-11(7-8-17)18-12(19)9-3-5-10(6-4-9)13(14,15)16/h3-6,11H,2,7-8,17H2,1H3,(H,18,19). The fourth-order valence-corrected chi connectivity index (χ4v) is 1.66. The van der Waals surface area contributed by atoms with Crippen LogP contribution in [0.3, 0.4) is 0 Å². The van der Waals surface area contributed by atoms with Gasteiger partial charge in [-0.25, -0.2) is 0 Å². The topological polar surface area (TPSA) is 55.1 Å². The van der Waals surface area contributed by atoms with Gasteiger partial charge >= 0.3 is 6.18 Å². The molecular formula is C13H17F3N2O. The molecule has 19 heavy (non-hydrogen) atoms. The molecular weight excluding hydrogens is 257 g/mol. The van der Waals surface area contributed by atoms with Crippen molar-refractivity contribution in [2.24, 2.45) is 5.73 Å². The number of amides is 1. The largest absolute Gasteiger partial charge is 0.416 e. The highest BCUT2D eigenvalue weighted by atomic mass is 19.4. The Hall–Kier alpha value is -1.56. The molecule has 3 N–H and O–H groups in total. The van der Waals surface area contributed by atoms with E-state index in [2.05, 4.69) is 5.32 Å². The number of hydrogen-bond acceptors (Lipinski definition) is 2. The lowest BCUT2D eigenvalue weighted by Crippen LogP contribution is -2.35. The molecule has 0 saturated heterocycles. The van der Waals surface area contributed by atoms with Crippen LogP contribution in [0.1, 0.15) is 35.7 Å². The first kappa shape index (κ1) is 15.5. The van der Waals surface area contributed by atoms with Crippen LogP contribution in [0.2, 0.25) is 0 Å². The summed E-state index contributed by atoms with van der Waals surface area (Å²) in [6, 6.07) is 4.10. The number of benzene rings is 1. The van der Waals surface area contributed by atoms with Crippen molar-refractivity contribution >= 4 is 5.91 Å². The van der Waals surface area contributed by atoms with Crippen LogP contribution < -0.4 is 11.1 Å². The maximum absolute atomic E-state index is 12.4. The van der Waals surface area contributed by atoms with E-state index in [0.717, 1.165) is 18.6 Å². The maximum Gasteiger partial charge on any atom is 0.416 e. The molecule has 0 saturated carbocycles. The Bertz CT molecular complexity index is 415. The zero-order valence-corrected chi connectivity index (χ0v) is 10.6. The van der Waals surface area contributed by atoms with Gasteiger partial charge in [0.05, 0.1) is 5.56 Å². The van der Waals surface area contributed by atoms with E-state index in [1.807, 2.05) is 6.92 Å². The average molecular weight is 274 g/mol. The van der Waals surface area contributed by atoms with E-state index < -0.39 is 11.7 Å². The Labute approximate surface area is 110 Å². The second kappa shape index (κ2) is 6.56. The van der Waals surface area contributed by atoms with E-state index in [-0.39, 0.29) is 17.5 Å². The molecule has 0 aromatic heterocycles. The molecule has 106 valence electrons. The highest BCUT2D eigenvalue weighted by Crippen LogP contribution is 2.29. The monoisotopic (exact) mass is 274 g/mol. The van der Waals surface area contributed by atoms with E-state index >= 15 is 0 Å². The summed E-state index contributed by atoms with van der Waals surface area (Å²) in [5.74, 6) is -0.381. The van der Waals surface area contributed by atoms with Crippen LogP contribution in [0, 0.1) is 0 Å². The first-order valence-electron chi connectivity index (χ1n) is 6.06. The number of alkyl halides is 3. The predicted octanol–water partition coefficient (Wildman–Crippen LogP) is 2.56. The third-order valence-electron chi connectivity index (χ3n) is 2.82. The number of nitrogens with two attached hydrogens (primary N) is 1. The molecule has 0 aliphatic rings. The number of halogens is 3. The average Bonchev–Trinajstić information content (AvgIpc) is 2.37. The van der Waals surface area contributed by atoms with E-state index in [9.17, 15) is 18.0 Å². The van der Waals surface area contributed by atoms with E-state index in [4.69, 9.17) is 5.73 Å². The summed E-state index contributed by atoms with van der Waals surface area (Å²) in [6.45, 7) is 2.36. The van der Waals surface area contributed by atoms with E-state index in [1.54, 1.807) is 0 Å². The zero-order valence-electron chi connectivity index (χ0n) is 10.6. The smallest absolute Gasteiger partial charge is 0.349 e. The van der Waals surface area contributed by atoms with Crippen molar-refractivity contribution < 1.29 is 18.0 Å². The summed E-state index contributed by atoms with van der Waals surface area (Å²) in [4.78, 5) is 11.8. The summed E-state index contributed by atoms with van der Waals surface area (Å²) in [5, 5.41) is 2.74. The van der Waals surface area contributed by atoms with Gasteiger partial charge in [0.1, 0.15) is 0 Å². The minimum atomic E-state index is -4.39. The normalized spacial score (nSPS) is 13.1. The molecule has 1 amide bonds. The Morgan fingerprint density at radius 2 is 1.89 bits per heavy atom. The molecule has 1 rings (SSSR count). The highest BCUT2D eigenvalue weighted by molar-refractivity contribution is 5.94. The van der Waals surface area contributed by atoms with Crippen molar-refractivity contribution in [1.29, 1.82) is 0 Å². The first-order chi connectivity index (χ1) is 8.88. The molecule has 1 atom stereocenters. The van der Waals surface area contributed by atoms with Crippen LogP contribution in [0.15, 0.2) is 24.3 Å². The van der Waals surface area contributed by atoms with Crippen molar-refractivity contribution in [3.63, 3.8) is 0 Å². The summed E-state index contributed by atoms with van der Waals surface area (Å²) < 4.78 is 37.1. The molecule has 1 aromatic rings.